The number of amides is 1. The largest absolute Gasteiger partial charge is 0.352 e. The number of carbonyl (C=O) groups is 1. The van der Waals surface area contributed by atoms with Crippen molar-refractivity contribution in [2.45, 2.75) is 6.42 Å². The van der Waals surface area contributed by atoms with Crippen LogP contribution in [0.2, 0.25) is 10.0 Å². The average molecular weight is 386 g/mol. The summed E-state index contributed by atoms with van der Waals surface area (Å²) in [5, 5.41) is 3.73. The summed E-state index contributed by atoms with van der Waals surface area (Å²) in [7, 11) is 0. The van der Waals surface area contributed by atoms with Crippen molar-refractivity contribution >= 4 is 46.3 Å². The van der Waals surface area contributed by atoms with Gasteiger partial charge in [0.1, 0.15) is 11.5 Å². The number of pyridine rings is 1. The van der Waals surface area contributed by atoms with Gasteiger partial charge in [0.15, 0.2) is 0 Å². The van der Waals surface area contributed by atoms with Gasteiger partial charge in [-0.25, -0.2) is 9.97 Å². The summed E-state index contributed by atoms with van der Waals surface area (Å²) in [4.78, 5) is 25.1. The van der Waals surface area contributed by atoms with Gasteiger partial charge in [0.05, 0.1) is 15.1 Å². The molecule has 0 spiro atoms. The third-order valence-electron chi connectivity index (χ3n) is 3.78. The molecule has 0 aromatic carbocycles. The normalized spacial score (nSPS) is 15.0. The Kier molecular flexibility index (Phi) is 5.55. The molecule has 128 valence electrons. The second-order valence-corrected chi connectivity index (χ2v) is 7.19. The van der Waals surface area contributed by atoms with Crippen molar-refractivity contribution in [3.63, 3.8) is 0 Å². The van der Waals surface area contributed by atoms with Crippen LogP contribution in [0.25, 0.3) is 0 Å². The first kappa shape index (κ1) is 17.4. The van der Waals surface area contributed by atoms with Crippen molar-refractivity contribution in [1.29, 1.82) is 0 Å². The van der Waals surface area contributed by atoms with Gasteiger partial charge in [0.2, 0.25) is 0 Å². The maximum absolute atomic E-state index is 12.5. The van der Waals surface area contributed by atoms with Gasteiger partial charge in [-0.2, -0.15) is 0 Å². The Morgan fingerprint density at radius 2 is 2.04 bits per heavy atom. The maximum atomic E-state index is 12.5. The van der Waals surface area contributed by atoms with Crippen LogP contribution >= 0.6 is 34.5 Å². The average Bonchev–Trinajstić information content (AvgIpc) is 3.03. The van der Waals surface area contributed by atoms with Gasteiger partial charge in [-0.05, 0) is 12.6 Å². The predicted molar refractivity (Wildman–Crippen MR) is 97.2 cm³/mol. The fourth-order valence-electron chi connectivity index (χ4n) is 2.57. The number of thiazole rings is 1. The maximum Gasteiger partial charge on any atom is 0.273 e. The minimum atomic E-state index is -0.0377. The van der Waals surface area contributed by atoms with E-state index < -0.39 is 0 Å². The molecule has 3 heterocycles. The third-order valence-corrected chi connectivity index (χ3v) is 5.18. The Hall–Kier alpha value is -1.41. The van der Waals surface area contributed by atoms with E-state index >= 15 is 0 Å². The molecule has 1 aliphatic heterocycles. The minimum absolute atomic E-state index is 0.0377. The molecule has 24 heavy (non-hydrogen) atoms. The van der Waals surface area contributed by atoms with Crippen LogP contribution in [0.4, 0.5) is 5.82 Å². The van der Waals surface area contributed by atoms with Gasteiger partial charge < -0.3 is 15.5 Å². The molecule has 0 atom stereocenters. The number of nitrogens with zero attached hydrogens (tertiary/aromatic N) is 4. The van der Waals surface area contributed by atoms with Gasteiger partial charge in [-0.1, -0.05) is 23.2 Å². The molecule has 1 amide bonds. The number of hydrogen-bond acceptors (Lipinski definition) is 6. The highest BCUT2D eigenvalue weighted by Gasteiger charge is 2.25. The van der Waals surface area contributed by atoms with E-state index in [0.29, 0.717) is 60.7 Å². The van der Waals surface area contributed by atoms with Gasteiger partial charge >= 0.3 is 0 Å². The summed E-state index contributed by atoms with van der Waals surface area (Å²) in [6.07, 6.45) is 2.28. The van der Waals surface area contributed by atoms with Crippen LogP contribution in [0, 0.1) is 0 Å². The number of anilines is 1. The molecule has 0 saturated carbocycles. The molecule has 6 nitrogen and oxygen atoms in total. The molecule has 0 bridgehead atoms. The number of halogens is 2. The fourth-order valence-corrected chi connectivity index (χ4v) is 3.86. The van der Waals surface area contributed by atoms with E-state index in [-0.39, 0.29) is 5.91 Å². The second kappa shape index (κ2) is 7.65. The highest BCUT2D eigenvalue weighted by Crippen LogP contribution is 2.27. The zero-order valence-corrected chi connectivity index (χ0v) is 15.2. The van der Waals surface area contributed by atoms with Crippen LogP contribution in [-0.2, 0) is 6.42 Å². The summed E-state index contributed by atoms with van der Waals surface area (Å²) in [5.74, 6) is 0.663. The number of carbonyl (C=O) groups excluding carboxylic acids is 1. The van der Waals surface area contributed by atoms with E-state index in [4.69, 9.17) is 28.9 Å². The molecule has 1 saturated heterocycles. The van der Waals surface area contributed by atoms with Crippen LogP contribution in [0.1, 0.15) is 15.5 Å². The molecule has 2 aromatic heterocycles. The fraction of sp³-hybridized carbons (Fsp3) is 0.400. The molecular weight excluding hydrogens is 369 g/mol. The van der Waals surface area contributed by atoms with Crippen molar-refractivity contribution in [3.8, 4) is 0 Å². The summed E-state index contributed by atoms with van der Waals surface area (Å²) >= 11 is 13.6. The van der Waals surface area contributed by atoms with E-state index in [0.717, 1.165) is 5.01 Å². The van der Waals surface area contributed by atoms with Crippen LogP contribution in [-0.4, -0.2) is 53.5 Å². The highest BCUT2D eigenvalue weighted by molar-refractivity contribution is 7.09. The third kappa shape index (κ3) is 3.80. The van der Waals surface area contributed by atoms with Crippen LogP contribution in [0.5, 0.6) is 0 Å². The minimum Gasteiger partial charge on any atom is -0.352 e. The van der Waals surface area contributed by atoms with E-state index in [1.54, 1.807) is 17.6 Å². The number of rotatable bonds is 4. The van der Waals surface area contributed by atoms with E-state index in [2.05, 4.69) is 14.9 Å². The first-order valence-electron chi connectivity index (χ1n) is 7.58. The zero-order valence-electron chi connectivity index (χ0n) is 12.9. The van der Waals surface area contributed by atoms with Crippen LogP contribution in [0.15, 0.2) is 17.6 Å². The number of hydrogen-bond donors (Lipinski definition) is 1. The van der Waals surface area contributed by atoms with Crippen molar-refractivity contribution in [1.82, 2.24) is 14.9 Å². The molecule has 2 N–H and O–H groups in total. The molecule has 0 unspecified atom stereocenters. The Bertz CT molecular complexity index is 730. The SMILES string of the molecule is NCCc1nc(C(=O)N2CCN(c3ncc(Cl)cc3Cl)CC2)cs1. The summed E-state index contributed by atoms with van der Waals surface area (Å²) in [6, 6.07) is 1.68. The van der Waals surface area contributed by atoms with Crippen LogP contribution in [0.3, 0.4) is 0 Å². The Morgan fingerprint density at radius 1 is 1.29 bits per heavy atom. The molecule has 1 aliphatic rings. The van der Waals surface area contributed by atoms with E-state index in [1.807, 2.05) is 4.90 Å². The molecule has 0 aliphatic carbocycles. The lowest BCUT2D eigenvalue weighted by Gasteiger charge is -2.35. The first-order chi connectivity index (χ1) is 11.6. The molecule has 0 radical (unpaired) electrons. The van der Waals surface area contributed by atoms with E-state index in [9.17, 15) is 4.79 Å². The van der Waals surface area contributed by atoms with Gasteiger partial charge in [-0.15, -0.1) is 11.3 Å². The summed E-state index contributed by atoms with van der Waals surface area (Å²) in [6.45, 7) is 3.07. The molecule has 2 aromatic rings. The molecule has 9 heteroatoms. The lowest BCUT2D eigenvalue weighted by atomic mass is 10.2. The highest BCUT2D eigenvalue weighted by atomic mass is 35.5. The Balaban J connectivity index is 1.62. The van der Waals surface area contributed by atoms with Crippen molar-refractivity contribution < 1.29 is 4.79 Å². The lowest BCUT2D eigenvalue weighted by molar-refractivity contribution is 0.0741. The number of piperazine rings is 1. The standard InChI is InChI=1S/C15H17Cl2N5OS/c16-10-7-11(17)14(19-8-10)21-3-5-22(6-4-21)15(23)12-9-24-13(20-12)1-2-18/h7-9H,1-6,18H2. The monoisotopic (exact) mass is 385 g/mol. The van der Waals surface area contributed by atoms with Gasteiger partial charge in [0, 0.05) is 44.2 Å². The summed E-state index contributed by atoms with van der Waals surface area (Å²) < 4.78 is 0. The second-order valence-electron chi connectivity index (χ2n) is 5.40. The number of nitrogens with two attached hydrogens (primary N) is 1. The Morgan fingerprint density at radius 3 is 2.71 bits per heavy atom. The predicted octanol–water partition coefficient (Wildman–Crippen LogP) is 2.31. The van der Waals surface area contributed by atoms with E-state index in [1.165, 1.54) is 11.3 Å². The van der Waals surface area contributed by atoms with Gasteiger partial charge in [-0.3, -0.25) is 4.79 Å². The molecular formula is C15H17Cl2N5OS. The van der Waals surface area contributed by atoms with Crippen molar-refractivity contribution in [2.24, 2.45) is 5.73 Å². The quantitative estimate of drug-likeness (QED) is 0.873. The first-order valence-corrected chi connectivity index (χ1v) is 9.22. The van der Waals surface area contributed by atoms with Crippen molar-refractivity contribution in [3.05, 3.63) is 38.4 Å². The molecule has 3 rings (SSSR count). The van der Waals surface area contributed by atoms with Crippen LogP contribution < -0.4 is 10.6 Å². The Labute approximate surface area is 154 Å². The molecule has 1 fully saturated rings. The topological polar surface area (TPSA) is 75.3 Å². The number of aromatic nitrogens is 2. The smallest absolute Gasteiger partial charge is 0.273 e. The lowest BCUT2D eigenvalue weighted by Crippen LogP contribution is -2.49. The summed E-state index contributed by atoms with van der Waals surface area (Å²) in [5.41, 5.74) is 6.02. The zero-order chi connectivity index (χ0) is 17.1. The van der Waals surface area contributed by atoms with Gasteiger partial charge in [0.25, 0.3) is 5.91 Å². The van der Waals surface area contributed by atoms with Crippen molar-refractivity contribution in [2.75, 3.05) is 37.6 Å².